The molecule has 0 aliphatic heterocycles. The topological polar surface area (TPSA) is 56.0 Å². The van der Waals surface area contributed by atoms with Gasteiger partial charge in [0.25, 0.3) is 0 Å². The van der Waals surface area contributed by atoms with Gasteiger partial charge in [-0.1, -0.05) is 18.2 Å². The van der Waals surface area contributed by atoms with Crippen LogP contribution >= 0.6 is 0 Å². The molecule has 3 aromatic rings. The van der Waals surface area contributed by atoms with Gasteiger partial charge in [0.15, 0.2) is 5.76 Å². The molecular weight excluding hydrogens is 216 g/mol. The van der Waals surface area contributed by atoms with Gasteiger partial charge in [-0.3, -0.25) is 4.79 Å². The molecule has 4 heteroatoms. The molecule has 0 fully saturated rings. The van der Waals surface area contributed by atoms with Gasteiger partial charge in [-0.2, -0.15) is 0 Å². The summed E-state index contributed by atoms with van der Waals surface area (Å²) in [7, 11) is 0. The molecule has 0 radical (unpaired) electrons. The van der Waals surface area contributed by atoms with E-state index in [1.165, 1.54) is 12.5 Å². The smallest absolute Gasteiger partial charge is 0.246 e. The number of aromatic nitrogens is 2. The lowest BCUT2D eigenvalue weighted by Crippen LogP contribution is -2.02. The van der Waals surface area contributed by atoms with Crippen LogP contribution in [-0.4, -0.2) is 15.8 Å². The minimum atomic E-state index is -0.233. The van der Waals surface area contributed by atoms with Crippen LogP contribution in [0.5, 0.6) is 0 Å². The molecule has 0 N–H and O–H groups in total. The van der Waals surface area contributed by atoms with Crippen LogP contribution in [0.25, 0.3) is 11.0 Å². The lowest BCUT2D eigenvalue weighted by molar-refractivity contribution is 0.101. The number of nitrogens with zero attached hydrogens (tertiary/aromatic N) is 2. The van der Waals surface area contributed by atoms with Gasteiger partial charge in [-0.05, 0) is 18.2 Å². The van der Waals surface area contributed by atoms with Gasteiger partial charge in [0.1, 0.15) is 17.6 Å². The van der Waals surface area contributed by atoms with Crippen molar-refractivity contribution in [1.29, 1.82) is 0 Å². The molecule has 3 rings (SSSR count). The third-order valence-electron chi connectivity index (χ3n) is 2.46. The molecule has 0 amide bonds. The van der Waals surface area contributed by atoms with E-state index in [4.69, 9.17) is 4.42 Å². The monoisotopic (exact) mass is 224 g/mol. The number of ketones is 1. The standard InChI is InChI=1S/C13H8N2O2/c16-13(10-5-6-14-8-15-10)12-7-9-3-1-2-4-11(9)17-12/h1-8H. The average molecular weight is 224 g/mol. The largest absolute Gasteiger partial charge is 0.453 e. The summed E-state index contributed by atoms with van der Waals surface area (Å²) in [5.41, 5.74) is 1.03. The minimum absolute atomic E-state index is 0.233. The Morgan fingerprint density at radius 3 is 2.82 bits per heavy atom. The van der Waals surface area contributed by atoms with Crippen molar-refractivity contribution in [3.63, 3.8) is 0 Å². The van der Waals surface area contributed by atoms with Crippen molar-refractivity contribution >= 4 is 16.8 Å². The molecule has 82 valence electrons. The van der Waals surface area contributed by atoms with Crippen LogP contribution in [0, 0.1) is 0 Å². The number of carbonyl (C=O) groups is 1. The first kappa shape index (κ1) is 9.72. The Hall–Kier alpha value is -2.49. The zero-order valence-electron chi connectivity index (χ0n) is 8.83. The summed E-state index contributed by atoms with van der Waals surface area (Å²) in [6.45, 7) is 0. The van der Waals surface area contributed by atoms with Crippen molar-refractivity contribution in [2.75, 3.05) is 0 Å². The SMILES string of the molecule is O=C(c1ccncn1)c1cc2ccccc2o1. The Morgan fingerprint density at radius 1 is 1.18 bits per heavy atom. The van der Waals surface area contributed by atoms with E-state index in [2.05, 4.69) is 9.97 Å². The van der Waals surface area contributed by atoms with Crippen molar-refractivity contribution in [2.45, 2.75) is 0 Å². The number of rotatable bonds is 2. The highest BCUT2D eigenvalue weighted by atomic mass is 16.3. The number of fused-ring (bicyclic) bond motifs is 1. The van der Waals surface area contributed by atoms with E-state index in [1.54, 1.807) is 12.1 Å². The van der Waals surface area contributed by atoms with E-state index < -0.39 is 0 Å². The number of carbonyl (C=O) groups excluding carboxylic acids is 1. The van der Waals surface area contributed by atoms with Crippen LogP contribution < -0.4 is 0 Å². The fraction of sp³-hybridized carbons (Fsp3) is 0. The Kier molecular flexibility index (Phi) is 2.19. The van der Waals surface area contributed by atoms with Gasteiger partial charge in [0.05, 0.1) is 0 Å². The summed E-state index contributed by atoms with van der Waals surface area (Å²) >= 11 is 0. The molecule has 0 aliphatic carbocycles. The Morgan fingerprint density at radius 2 is 2.06 bits per heavy atom. The first-order valence-corrected chi connectivity index (χ1v) is 5.14. The molecule has 4 nitrogen and oxygen atoms in total. The van der Waals surface area contributed by atoms with Crippen molar-refractivity contribution < 1.29 is 9.21 Å². The molecule has 0 aliphatic rings. The molecule has 0 atom stereocenters. The van der Waals surface area contributed by atoms with Crippen molar-refractivity contribution in [3.8, 4) is 0 Å². The van der Waals surface area contributed by atoms with Crippen LogP contribution in [0.4, 0.5) is 0 Å². The lowest BCUT2D eigenvalue weighted by Gasteiger charge is -1.93. The van der Waals surface area contributed by atoms with Crippen molar-refractivity contribution in [2.24, 2.45) is 0 Å². The molecule has 0 spiro atoms. The van der Waals surface area contributed by atoms with Crippen molar-refractivity contribution in [3.05, 3.63) is 60.4 Å². The first-order valence-electron chi connectivity index (χ1n) is 5.14. The number of benzene rings is 1. The van der Waals surface area contributed by atoms with E-state index in [0.29, 0.717) is 17.0 Å². The van der Waals surface area contributed by atoms with Crippen LogP contribution in [0.2, 0.25) is 0 Å². The fourth-order valence-electron chi connectivity index (χ4n) is 1.65. The van der Waals surface area contributed by atoms with Gasteiger partial charge in [0.2, 0.25) is 5.78 Å². The number of furan rings is 1. The molecule has 0 saturated heterocycles. The molecule has 0 unspecified atom stereocenters. The second kappa shape index (κ2) is 3.83. The molecular formula is C13H8N2O2. The summed E-state index contributed by atoms with van der Waals surface area (Å²) in [4.78, 5) is 19.7. The Bertz CT molecular complexity index is 641. The fourth-order valence-corrected chi connectivity index (χ4v) is 1.65. The zero-order chi connectivity index (χ0) is 11.7. The normalized spacial score (nSPS) is 10.6. The number of hydrogen-bond acceptors (Lipinski definition) is 4. The van der Waals surface area contributed by atoms with E-state index >= 15 is 0 Å². The predicted octanol–water partition coefficient (Wildman–Crippen LogP) is 2.45. The number of hydrogen-bond donors (Lipinski definition) is 0. The zero-order valence-corrected chi connectivity index (χ0v) is 8.83. The average Bonchev–Trinajstić information content (AvgIpc) is 2.82. The Labute approximate surface area is 96.9 Å². The predicted molar refractivity (Wildman–Crippen MR) is 61.7 cm³/mol. The maximum Gasteiger partial charge on any atom is 0.246 e. The molecule has 0 saturated carbocycles. The summed E-state index contributed by atoms with van der Waals surface area (Å²) in [5, 5.41) is 0.907. The van der Waals surface area contributed by atoms with Crippen molar-refractivity contribution in [1.82, 2.24) is 9.97 Å². The van der Waals surface area contributed by atoms with Crippen LogP contribution in [0.15, 0.2) is 53.3 Å². The third kappa shape index (κ3) is 1.69. The number of para-hydroxylation sites is 1. The molecule has 1 aromatic carbocycles. The lowest BCUT2D eigenvalue weighted by atomic mass is 10.2. The molecule has 2 aromatic heterocycles. The first-order chi connectivity index (χ1) is 8.34. The van der Waals surface area contributed by atoms with Crippen LogP contribution in [0.3, 0.4) is 0 Å². The van der Waals surface area contributed by atoms with Gasteiger partial charge in [-0.25, -0.2) is 9.97 Å². The van der Waals surface area contributed by atoms with E-state index in [1.807, 2.05) is 24.3 Å². The highest BCUT2D eigenvalue weighted by Crippen LogP contribution is 2.20. The van der Waals surface area contributed by atoms with Gasteiger partial charge in [0, 0.05) is 11.6 Å². The molecule has 0 bridgehead atoms. The van der Waals surface area contributed by atoms with E-state index in [-0.39, 0.29) is 5.78 Å². The summed E-state index contributed by atoms with van der Waals surface area (Å²) < 4.78 is 5.47. The minimum Gasteiger partial charge on any atom is -0.453 e. The van der Waals surface area contributed by atoms with Crippen LogP contribution in [0.1, 0.15) is 16.2 Å². The maximum atomic E-state index is 12.0. The molecule has 17 heavy (non-hydrogen) atoms. The highest BCUT2D eigenvalue weighted by molar-refractivity contribution is 6.07. The summed E-state index contributed by atoms with van der Waals surface area (Å²) in [6.07, 6.45) is 2.87. The third-order valence-corrected chi connectivity index (χ3v) is 2.46. The summed E-state index contributed by atoms with van der Waals surface area (Å²) in [5.74, 6) is 0.0634. The van der Waals surface area contributed by atoms with Gasteiger partial charge >= 0.3 is 0 Å². The Balaban J connectivity index is 2.07. The summed E-state index contributed by atoms with van der Waals surface area (Å²) in [6, 6.07) is 10.8. The van der Waals surface area contributed by atoms with Gasteiger partial charge < -0.3 is 4.42 Å². The van der Waals surface area contributed by atoms with Gasteiger partial charge in [-0.15, -0.1) is 0 Å². The quantitative estimate of drug-likeness (QED) is 0.627. The molecule has 2 heterocycles. The highest BCUT2D eigenvalue weighted by Gasteiger charge is 2.15. The maximum absolute atomic E-state index is 12.0. The second-order valence-electron chi connectivity index (χ2n) is 3.57. The van der Waals surface area contributed by atoms with E-state index in [0.717, 1.165) is 5.39 Å². The second-order valence-corrected chi connectivity index (χ2v) is 3.57. The van der Waals surface area contributed by atoms with Crippen LogP contribution in [-0.2, 0) is 0 Å². The van der Waals surface area contributed by atoms with E-state index in [9.17, 15) is 4.79 Å².